The number of amides is 1. The van der Waals surface area contributed by atoms with Gasteiger partial charge in [-0.1, -0.05) is 6.07 Å². The van der Waals surface area contributed by atoms with Crippen LogP contribution in [0.25, 0.3) is 5.65 Å². The van der Waals surface area contributed by atoms with E-state index in [0.29, 0.717) is 18.4 Å². The number of hydrogen-bond donors (Lipinski definition) is 1. The molecular formula is C21H23ClN6O. The number of fused-ring (bicyclic) bond motifs is 2. The first-order valence-electron chi connectivity index (χ1n) is 9.97. The molecule has 7 nitrogen and oxygen atoms in total. The summed E-state index contributed by atoms with van der Waals surface area (Å²) < 4.78 is 2.01. The second-order valence-electron chi connectivity index (χ2n) is 8.38. The number of carbonyl (C=O) groups excluding carboxylic acids is 1. The highest BCUT2D eigenvalue weighted by Crippen LogP contribution is 2.34. The van der Waals surface area contributed by atoms with E-state index < -0.39 is 5.54 Å². The van der Waals surface area contributed by atoms with E-state index in [1.54, 1.807) is 0 Å². The fraction of sp³-hybridized carbons (Fsp3) is 0.429. The van der Waals surface area contributed by atoms with Crippen molar-refractivity contribution in [1.82, 2.24) is 24.7 Å². The maximum atomic E-state index is 12.9. The van der Waals surface area contributed by atoms with E-state index in [4.69, 9.17) is 11.6 Å². The van der Waals surface area contributed by atoms with Gasteiger partial charge in [0.25, 0.3) is 0 Å². The molecule has 29 heavy (non-hydrogen) atoms. The van der Waals surface area contributed by atoms with Gasteiger partial charge in [0.15, 0.2) is 0 Å². The fourth-order valence-electron chi connectivity index (χ4n) is 4.33. The fourth-order valence-corrected chi connectivity index (χ4v) is 4.51. The van der Waals surface area contributed by atoms with Gasteiger partial charge in [0.1, 0.15) is 11.5 Å². The first-order chi connectivity index (χ1) is 13.9. The molecule has 3 aromatic heterocycles. The molecule has 0 unspecified atom stereocenters. The highest BCUT2D eigenvalue weighted by Gasteiger charge is 2.38. The van der Waals surface area contributed by atoms with Crippen molar-refractivity contribution in [3.63, 3.8) is 0 Å². The zero-order valence-corrected chi connectivity index (χ0v) is 17.3. The number of nitrogens with one attached hydrogen (secondary N) is 1. The van der Waals surface area contributed by atoms with E-state index in [2.05, 4.69) is 25.2 Å². The van der Waals surface area contributed by atoms with Gasteiger partial charge >= 0.3 is 0 Å². The number of rotatable bonds is 4. The Labute approximate surface area is 174 Å². The molecule has 0 spiro atoms. The molecule has 0 atom stereocenters. The second-order valence-corrected chi connectivity index (χ2v) is 8.72. The number of hydrogen-bond acceptors (Lipinski definition) is 5. The lowest BCUT2D eigenvalue weighted by molar-refractivity contribution is -0.127. The van der Waals surface area contributed by atoms with Crippen LogP contribution in [-0.2, 0) is 23.2 Å². The van der Waals surface area contributed by atoms with E-state index >= 15 is 0 Å². The van der Waals surface area contributed by atoms with E-state index in [0.717, 1.165) is 42.1 Å². The molecule has 1 amide bonds. The Morgan fingerprint density at radius 3 is 2.90 bits per heavy atom. The Morgan fingerprint density at radius 2 is 2.07 bits per heavy atom. The van der Waals surface area contributed by atoms with E-state index in [9.17, 15) is 4.79 Å². The summed E-state index contributed by atoms with van der Waals surface area (Å²) in [6, 6.07) is 5.87. The number of imidazole rings is 1. The normalized spacial score (nSPS) is 16.7. The van der Waals surface area contributed by atoms with Crippen molar-refractivity contribution in [1.29, 1.82) is 0 Å². The van der Waals surface area contributed by atoms with Crippen molar-refractivity contribution in [2.24, 2.45) is 5.92 Å². The quantitative estimate of drug-likeness (QED) is 0.669. The first-order valence-corrected chi connectivity index (χ1v) is 10.3. The van der Waals surface area contributed by atoms with Gasteiger partial charge in [-0.15, -0.1) is 0 Å². The third-order valence-corrected chi connectivity index (χ3v) is 6.10. The molecule has 150 valence electrons. The van der Waals surface area contributed by atoms with Gasteiger partial charge in [-0.25, -0.2) is 15.0 Å². The topological polar surface area (TPSA) is 75.4 Å². The maximum absolute atomic E-state index is 12.9. The maximum Gasteiger partial charge on any atom is 0.227 e. The zero-order chi connectivity index (χ0) is 20.2. The Morgan fingerprint density at radius 1 is 1.24 bits per heavy atom. The molecule has 4 heterocycles. The number of aromatic nitrogens is 4. The Kier molecular flexibility index (Phi) is 4.24. The van der Waals surface area contributed by atoms with Crippen molar-refractivity contribution < 1.29 is 4.79 Å². The van der Waals surface area contributed by atoms with Gasteiger partial charge in [-0.3, -0.25) is 4.79 Å². The van der Waals surface area contributed by atoms with E-state index in [1.165, 1.54) is 5.56 Å². The lowest BCUT2D eigenvalue weighted by Crippen LogP contribution is -2.57. The molecule has 2 aliphatic rings. The van der Waals surface area contributed by atoms with Crippen LogP contribution in [-0.4, -0.2) is 38.3 Å². The Balaban J connectivity index is 1.29. The van der Waals surface area contributed by atoms with Crippen LogP contribution in [0.15, 0.2) is 30.6 Å². The van der Waals surface area contributed by atoms with Crippen LogP contribution in [0, 0.1) is 5.92 Å². The van der Waals surface area contributed by atoms with Gasteiger partial charge in [0, 0.05) is 24.8 Å². The minimum atomic E-state index is -0.530. The predicted octanol–water partition coefficient (Wildman–Crippen LogP) is 2.75. The van der Waals surface area contributed by atoms with Crippen molar-refractivity contribution >= 4 is 29.0 Å². The highest BCUT2D eigenvalue weighted by molar-refractivity contribution is 6.28. The Hall–Kier alpha value is -2.67. The van der Waals surface area contributed by atoms with Crippen molar-refractivity contribution in [2.45, 2.75) is 38.6 Å². The summed E-state index contributed by atoms with van der Waals surface area (Å²) in [4.78, 5) is 28.3. The van der Waals surface area contributed by atoms with Gasteiger partial charge in [0.05, 0.1) is 29.0 Å². The molecule has 1 aliphatic heterocycles. The third-order valence-electron chi connectivity index (χ3n) is 5.93. The number of pyridine rings is 1. The molecule has 0 radical (unpaired) electrons. The highest BCUT2D eigenvalue weighted by atomic mass is 35.5. The molecule has 0 saturated carbocycles. The predicted molar refractivity (Wildman–Crippen MR) is 111 cm³/mol. The number of halogens is 1. The van der Waals surface area contributed by atoms with Crippen LogP contribution in [0.2, 0.25) is 5.28 Å². The SMILES string of the molecule is CC(C)(NC(=O)C1CN(c2nc(Cl)nc3c2CCC3)C1)c1cnc2ccccn12. The number of aryl methyl sites for hydroxylation is 1. The summed E-state index contributed by atoms with van der Waals surface area (Å²) in [5.74, 6) is 0.885. The minimum Gasteiger partial charge on any atom is -0.354 e. The molecule has 1 fully saturated rings. The third kappa shape index (κ3) is 3.13. The van der Waals surface area contributed by atoms with Crippen molar-refractivity contribution in [3.05, 3.63) is 52.8 Å². The summed E-state index contributed by atoms with van der Waals surface area (Å²) in [7, 11) is 0. The number of nitrogens with zero attached hydrogens (tertiary/aromatic N) is 5. The van der Waals surface area contributed by atoms with Gasteiger partial charge in [0.2, 0.25) is 11.2 Å². The number of anilines is 1. The lowest BCUT2D eigenvalue weighted by Gasteiger charge is -2.41. The van der Waals surface area contributed by atoms with Crippen molar-refractivity contribution in [3.8, 4) is 0 Å². The molecule has 5 rings (SSSR count). The standard InChI is InChI=1S/C21H23ClN6O/c1-21(2,16-10-23-17-8-3-4-9-28(16)17)26-19(29)13-11-27(12-13)18-14-6-5-7-15(14)24-20(22)25-18/h3-4,8-10,13H,5-7,11-12H2,1-2H3,(H,26,29). The van der Waals surface area contributed by atoms with Crippen LogP contribution in [0.1, 0.15) is 37.2 Å². The second kappa shape index (κ2) is 6.69. The summed E-state index contributed by atoms with van der Waals surface area (Å²) in [5, 5.41) is 3.50. The monoisotopic (exact) mass is 410 g/mol. The van der Waals surface area contributed by atoms with E-state index in [1.807, 2.05) is 48.8 Å². The molecule has 0 bridgehead atoms. The first kappa shape index (κ1) is 18.4. The van der Waals surface area contributed by atoms with Crippen LogP contribution in [0.3, 0.4) is 0 Å². The summed E-state index contributed by atoms with van der Waals surface area (Å²) in [6.45, 7) is 5.31. The van der Waals surface area contributed by atoms with Gasteiger partial charge in [-0.05, 0) is 56.8 Å². The van der Waals surface area contributed by atoms with Crippen LogP contribution in [0.4, 0.5) is 5.82 Å². The summed E-state index contributed by atoms with van der Waals surface area (Å²) in [6.07, 6.45) is 6.82. The Bertz CT molecular complexity index is 1100. The smallest absolute Gasteiger partial charge is 0.227 e. The van der Waals surface area contributed by atoms with Crippen molar-refractivity contribution in [2.75, 3.05) is 18.0 Å². The molecule has 1 saturated heterocycles. The molecule has 3 aromatic rings. The largest absolute Gasteiger partial charge is 0.354 e. The molecular weight excluding hydrogens is 388 g/mol. The lowest BCUT2D eigenvalue weighted by atomic mass is 9.94. The van der Waals surface area contributed by atoms with Crippen LogP contribution >= 0.6 is 11.6 Å². The molecule has 1 N–H and O–H groups in total. The minimum absolute atomic E-state index is 0.0499. The van der Waals surface area contributed by atoms with Crippen LogP contribution in [0.5, 0.6) is 0 Å². The molecule has 8 heteroatoms. The van der Waals surface area contributed by atoms with Gasteiger partial charge in [-0.2, -0.15) is 0 Å². The van der Waals surface area contributed by atoms with Gasteiger partial charge < -0.3 is 14.6 Å². The number of carbonyl (C=O) groups is 1. The molecule has 0 aromatic carbocycles. The summed E-state index contributed by atoms with van der Waals surface area (Å²) >= 11 is 6.11. The average Bonchev–Trinajstić information content (AvgIpc) is 3.26. The molecule has 1 aliphatic carbocycles. The van der Waals surface area contributed by atoms with E-state index in [-0.39, 0.29) is 11.8 Å². The average molecular weight is 411 g/mol. The van der Waals surface area contributed by atoms with Crippen LogP contribution < -0.4 is 10.2 Å². The zero-order valence-electron chi connectivity index (χ0n) is 16.5. The summed E-state index contributed by atoms with van der Waals surface area (Å²) in [5.41, 5.74) is 3.55.